The summed E-state index contributed by atoms with van der Waals surface area (Å²) < 4.78 is 0.890. The van der Waals surface area contributed by atoms with Crippen LogP contribution in [0.25, 0.3) is 10.9 Å². The molecular weight excluding hydrogens is 336 g/mol. The largest absolute Gasteiger partial charge is 0.360 e. The van der Waals surface area contributed by atoms with Gasteiger partial charge in [-0.05, 0) is 25.1 Å². The van der Waals surface area contributed by atoms with Gasteiger partial charge in [0.1, 0.15) is 11.9 Å². The molecule has 2 heterocycles. The zero-order chi connectivity index (χ0) is 15.0. The standard InChI is InChI=1S/C14H15BrN4O2/c1-9-7-16-4-5-18(9)14-11-6-10(15)2-3-12(11)17-8-13(14)19(20)21/h2-3,6,8-9,16H,4-5,7H2,1H3. The van der Waals surface area contributed by atoms with Gasteiger partial charge in [0.15, 0.2) is 0 Å². The second-order valence-corrected chi connectivity index (χ2v) is 6.07. The van der Waals surface area contributed by atoms with Gasteiger partial charge in [0.2, 0.25) is 0 Å². The Morgan fingerprint density at radius 3 is 3.05 bits per heavy atom. The molecule has 1 aliphatic heterocycles. The molecule has 1 aliphatic rings. The van der Waals surface area contributed by atoms with Crippen LogP contribution in [-0.4, -0.2) is 35.6 Å². The van der Waals surface area contributed by atoms with Gasteiger partial charge in [-0.3, -0.25) is 10.1 Å². The van der Waals surface area contributed by atoms with Gasteiger partial charge in [-0.2, -0.15) is 0 Å². The predicted molar refractivity (Wildman–Crippen MR) is 85.8 cm³/mol. The van der Waals surface area contributed by atoms with E-state index in [0.29, 0.717) is 5.69 Å². The third kappa shape index (κ3) is 2.58. The third-order valence-corrected chi connectivity index (χ3v) is 4.26. The number of nitrogens with zero attached hydrogens (tertiary/aromatic N) is 3. The average Bonchev–Trinajstić information content (AvgIpc) is 2.46. The number of pyridine rings is 1. The van der Waals surface area contributed by atoms with Crippen molar-refractivity contribution in [2.45, 2.75) is 13.0 Å². The molecule has 1 unspecified atom stereocenters. The van der Waals surface area contributed by atoms with E-state index in [4.69, 9.17) is 0 Å². The summed E-state index contributed by atoms with van der Waals surface area (Å²) in [7, 11) is 0. The summed E-state index contributed by atoms with van der Waals surface area (Å²) in [5.41, 5.74) is 1.50. The summed E-state index contributed by atoms with van der Waals surface area (Å²) in [6.07, 6.45) is 1.36. The maximum absolute atomic E-state index is 11.4. The van der Waals surface area contributed by atoms with Crippen molar-refractivity contribution in [2.24, 2.45) is 0 Å². The fraction of sp³-hybridized carbons (Fsp3) is 0.357. The third-order valence-electron chi connectivity index (χ3n) is 3.77. The first-order valence-electron chi connectivity index (χ1n) is 6.78. The van der Waals surface area contributed by atoms with Crippen molar-refractivity contribution < 1.29 is 4.92 Å². The first kappa shape index (κ1) is 14.2. The molecule has 1 atom stereocenters. The van der Waals surface area contributed by atoms with Crippen molar-refractivity contribution in [3.8, 4) is 0 Å². The van der Waals surface area contributed by atoms with Crippen LogP contribution in [0.15, 0.2) is 28.9 Å². The average molecular weight is 351 g/mol. The van der Waals surface area contributed by atoms with Crippen LogP contribution in [0.1, 0.15) is 6.92 Å². The first-order chi connectivity index (χ1) is 10.1. The molecule has 0 spiro atoms. The normalized spacial score (nSPS) is 19.0. The van der Waals surface area contributed by atoms with Crippen LogP contribution in [0.2, 0.25) is 0 Å². The maximum Gasteiger partial charge on any atom is 0.311 e. The molecule has 1 saturated heterocycles. The lowest BCUT2D eigenvalue weighted by Crippen LogP contribution is -2.50. The Hall–Kier alpha value is -1.73. The van der Waals surface area contributed by atoms with Crippen LogP contribution < -0.4 is 10.2 Å². The number of piperazine rings is 1. The van der Waals surface area contributed by atoms with E-state index >= 15 is 0 Å². The molecule has 2 aromatic rings. The van der Waals surface area contributed by atoms with Gasteiger partial charge >= 0.3 is 5.69 Å². The van der Waals surface area contributed by atoms with E-state index in [1.807, 2.05) is 18.2 Å². The van der Waals surface area contributed by atoms with Gasteiger partial charge in [-0.25, -0.2) is 4.98 Å². The van der Waals surface area contributed by atoms with E-state index in [1.54, 1.807) is 0 Å². The zero-order valence-electron chi connectivity index (χ0n) is 11.5. The number of halogens is 1. The van der Waals surface area contributed by atoms with Gasteiger partial charge in [0.05, 0.1) is 10.4 Å². The van der Waals surface area contributed by atoms with E-state index in [1.165, 1.54) is 6.20 Å². The number of aromatic nitrogens is 1. The number of nitrogens with one attached hydrogen (secondary N) is 1. The summed E-state index contributed by atoms with van der Waals surface area (Å²) >= 11 is 3.44. The molecule has 0 saturated carbocycles. The van der Waals surface area contributed by atoms with E-state index in [-0.39, 0.29) is 16.7 Å². The number of nitro groups is 1. The lowest BCUT2D eigenvalue weighted by Gasteiger charge is -2.36. The molecule has 1 aromatic carbocycles. The van der Waals surface area contributed by atoms with Crippen molar-refractivity contribution in [1.29, 1.82) is 0 Å². The molecule has 0 amide bonds. The number of fused-ring (bicyclic) bond motifs is 1. The zero-order valence-corrected chi connectivity index (χ0v) is 13.1. The Kier molecular flexibility index (Phi) is 3.77. The molecule has 0 radical (unpaired) electrons. The van der Waals surface area contributed by atoms with Crippen LogP contribution >= 0.6 is 15.9 Å². The Morgan fingerprint density at radius 2 is 2.33 bits per heavy atom. The minimum Gasteiger partial charge on any atom is -0.360 e. The van der Waals surface area contributed by atoms with Crippen LogP contribution in [0.5, 0.6) is 0 Å². The topological polar surface area (TPSA) is 71.3 Å². The Balaban J connectivity index is 2.27. The second-order valence-electron chi connectivity index (χ2n) is 5.16. The highest BCUT2D eigenvalue weighted by molar-refractivity contribution is 9.10. The molecule has 7 heteroatoms. The summed E-state index contributed by atoms with van der Waals surface area (Å²) in [5, 5.41) is 15.5. The summed E-state index contributed by atoms with van der Waals surface area (Å²) in [4.78, 5) is 17.4. The SMILES string of the molecule is CC1CNCCN1c1c([N+](=O)[O-])cnc2ccc(Br)cc12. The highest BCUT2D eigenvalue weighted by atomic mass is 79.9. The maximum atomic E-state index is 11.4. The van der Waals surface area contributed by atoms with Crippen molar-refractivity contribution in [3.05, 3.63) is 39.0 Å². The first-order valence-corrected chi connectivity index (χ1v) is 7.57. The van der Waals surface area contributed by atoms with Gasteiger partial charge < -0.3 is 10.2 Å². The lowest BCUT2D eigenvalue weighted by molar-refractivity contribution is -0.384. The number of hydrogen-bond donors (Lipinski definition) is 1. The predicted octanol–water partition coefficient (Wildman–Crippen LogP) is 2.70. The van der Waals surface area contributed by atoms with Crippen molar-refractivity contribution in [3.63, 3.8) is 0 Å². The van der Waals surface area contributed by atoms with Crippen LogP contribution in [0.3, 0.4) is 0 Å². The van der Waals surface area contributed by atoms with E-state index < -0.39 is 0 Å². The smallest absolute Gasteiger partial charge is 0.311 e. The number of hydrogen-bond acceptors (Lipinski definition) is 5. The van der Waals surface area contributed by atoms with Gasteiger partial charge in [0, 0.05) is 35.5 Å². The summed E-state index contributed by atoms with van der Waals surface area (Å²) in [5.74, 6) is 0. The van der Waals surface area contributed by atoms with Crippen molar-refractivity contribution in [2.75, 3.05) is 24.5 Å². The van der Waals surface area contributed by atoms with Gasteiger partial charge in [-0.15, -0.1) is 0 Å². The van der Waals surface area contributed by atoms with E-state index in [9.17, 15) is 10.1 Å². The van der Waals surface area contributed by atoms with E-state index in [0.717, 1.165) is 35.0 Å². The second kappa shape index (κ2) is 5.57. The highest BCUT2D eigenvalue weighted by Crippen LogP contribution is 2.37. The minimum absolute atomic E-state index is 0.0642. The molecule has 110 valence electrons. The van der Waals surface area contributed by atoms with Crippen LogP contribution in [0, 0.1) is 10.1 Å². The number of rotatable bonds is 2. The molecule has 0 aliphatic carbocycles. The molecular formula is C14H15BrN4O2. The van der Waals surface area contributed by atoms with Crippen molar-refractivity contribution in [1.82, 2.24) is 10.3 Å². The lowest BCUT2D eigenvalue weighted by atomic mass is 10.1. The molecule has 21 heavy (non-hydrogen) atoms. The Morgan fingerprint density at radius 1 is 1.52 bits per heavy atom. The molecule has 1 fully saturated rings. The summed E-state index contributed by atoms with van der Waals surface area (Å²) in [6.45, 7) is 4.45. The van der Waals surface area contributed by atoms with Crippen LogP contribution in [0.4, 0.5) is 11.4 Å². The quantitative estimate of drug-likeness (QED) is 0.665. The summed E-state index contributed by atoms with van der Waals surface area (Å²) in [6, 6.07) is 5.87. The Bertz CT molecular complexity index is 707. The fourth-order valence-electron chi connectivity index (χ4n) is 2.75. The Labute approximate surface area is 130 Å². The number of anilines is 1. The fourth-order valence-corrected chi connectivity index (χ4v) is 3.11. The molecule has 1 aromatic heterocycles. The molecule has 1 N–H and O–H groups in total. The molecule has 0 bridgehead atoms. The molecule has 3 rings (SSSR count). The minimum atomic E-state index is -0.350. The number of benzene rings is 1. The highest BCUT2D eigenvalue weighted by Gasteiger charge is 2.28. The van der Waals surface area contributed by atoms with Gasteiger partial charge in [-0.1, -0.05) is 15.9 Å². The van der Waals surface area contributed by atoms with Gasteiger partial charge in [0.25, 0.3) is 0 Å². The van der Waals surface area contributed by atoms with E-state index in [2.05, 4.69) is 38.1 Å². The van der Waals surface area contributed by atoms with Crippen molar-refractivity contribution >= 4 is 38.2 Å². The van der Waals surface area contributed by atoms with Crippen LogP contribution in [-0.2, 0) is 0 Å². The monoisotopic (exact) mass is 350 g/mol. The molecule has 6 nitrogen and oxygen atoms in total.